The van der Waals surface area contributed by atoms with Crippen molar-refractivity contribution < 1.29 is 4.21 Å². The molecule has 1 fully saturated rings. The second-order valence-electron chi connectivity index (χ2n) is 8.79. The maximum Gasteiger partial charge on any atom is 0.150 e. The van der Waals surface area contributed by atoms with Gasteiger partial charge in [0.2, 0.25) is 0 Å². The van der Waals surface area contributed by atoms with Crippen molar-refractivity contribution in [3.63, 3.8) is 0 Å². The molecule has 5 rings (SSSR count). The van der Waals surface area contributed by atoms with E-state index in [0.717, 1.165) is 42.0 Å². The van der Waals surface area contributed by atoms with Crippen LogP contribution in [0.4, 0.5) is 5.69 Å². The van der Waals surface area contributed by atoms with Crippen LogP contribution < -0.4 is 4.72 Å². The maximum atomic E-state index is 13.2. The number of hydrogen-bond donors (Lipinski definition) is 1. The van der Waals surface area contributed by atoms with Crippen molar-refractivity contribution in [2.45, 2.75) is 43.9 Å². The Bertz CT molecular complexity index is 1110. The average Bonchev–Trinajstić information content (AvgIpc) is 3.33. The summed E-state index contributed by atoms with van der Waals surface area (Å²) in [5.41, 5.74) is 9.00. The lowest BCUT2D eigenvalue weighted by Gasteiger charge is -2.16. The van der Waals surface area contributed by atoms with Gasteiger partial charge in [-0.1, -0.05) is 48.1 Å². The molecule has 4 heteroatoms. The highest BCUT2D eigenvalue weighted by atomic mass is 32.2. The van der Waals surface area contributed by atoms with Crippen LogP contribution >= 0.6 is 0 Å². The van der Waals surface area contributed by atoms with E-state index >= 15 is 0 Å². The molecule has 1 unspecified atom stereocenters. The van der Waals surface area contributed by atoms with Gasteiger partial charge in [0.25, 0.3) is 0 Å². The van der Waals surface area contributed by atoms with Crippen LogP contribution in [-0.4, -0.2) is 28.7 Å². The quantitative estimate of drug-likeness (QED) is 0.632. The minimum atomic E-state index is -1.29. The SMILES string of the molecule is CC1=C(CCN2CCCC2)c2cccc(NS(=O)c3ccc4c(c3)C=CC=CC4)c2C1. The Kier molecular flexibility index (Phi) is 5.93. The van der Waals surface area contributed by atoms with E-state index < -0.39 is 11.0 Å². The Morgan fingerprint density at radius 3 is 2.84 bits per heavy atom. The van der Waals surface area contributed by atoms with Crippen LogP contribution in [-0.2, 0) is 23.8 Å². The van der Waals surface area contributed by atoms with Gasteiger partial charge in [0, 0.05) is 6.54 Å². The molecule has 0 aromatic heterocycles. The van der Waals surface area contributed by atoms with E-state index in [1.165, 1.54) is 53.8 Å². The normalized spacial score (nSPS) is 18.7. The third-order valence-electron chi connectivity index (χ3n) is 6.73. The number of likely N-dealkylation sites (tertiary alicyclic amines) is 1. The number of nitrogens with one attached hydrogen (secondary N) is 1. The fraction of sp³-hybridized carbons (Fsp3) is 0.333. The van der Waals surface area contributed by atoms with Crippen molar-refractivity contribution in [3.8, 4) is 0 Å². The van der Waals surface area contributed by atoms with Crippen molar-refractivity contribution in [2.75, 3.05) is 24.4 Å². The molecule has 2 aliphatic carbocycles. The van der Waals surface area contributed by atoms with Gasteiger partial charge < -0.3 is 9.62 Å². The van der Waals surface area contributed by atoms with Crippen LogP contribution in [0, 0.1) is 0 Å². The van der Waals surface area contributed by atoms with E-state index in [4.69, 9.17) is 0 Å². The van der Waals surface area contributed by atoms with Crippen molar-refractivity contribution >= 4 is 28.3 Å². The van der Waals surface area contributed by atoms with E-state index in [9.17, 15) is 4.21 Å². The van der Waals surface area contributed by atoms with Crippen LogP contribution in [0.15, 0.2) is 65.1 Å². The minimum absolute atomic E-state index is 0.819. The number of anilines is 1. The molecule has 31 heavy (non-hydrogen) atoms. The largest absolute Gasteiger partial charge is 0.303 e. The predicted octanol–water partition coefficient (Wildman–Crippen LogP) is 5.76. The molecule has 3 aliphatic rings. The molecule has 2 aromatic rings. The third kappa shape index (κ3) is 4.32. The number of allylic oxidation sites excluding steroid dienone is 4. The number of hydrogen-bond acceptors (Lipinski definition) is 2. The number of rotatable bonds is 6. The molecule has 1 heterocycles. The molecule has 3 nitrogen and oxygen atoms in total. The first-order valence-corrected chi connectivity index (χ1v) is 12.5. The lowest BCUT2D eigenvalue weighted by molar-refractivity contribution is 0.348. The zero-order valence-electron chi connectivity index (χ0n) is 18.2. The molecule has 1 atom stereocenters. The summed E-state index contributed by atoms with van der Waals surface area (Å²) in [6, 6.07) is 12.5. The Morgan fingerprint density at radius 1 is 1.10 bits per heavy atom. The van der Waals surface area contributed by atoms with E-state index in [2.05, 4.69) is 65.1 Å². The van der Waals surface area contributed by atoms with E-state index in [1.54, 1.807) is 0 Å². The fourth-order valence-corrected chi connectivity index (χ4v) is 5.94. The fourth-order valence-electron chi connectivity index (χ4n) is 5.00. The smallest absolute Gasteiger partial charge is 0.150 e. The molecule has 0 radical (unpaired) electrons. The van der Waals surface area contributed by atoms with Crippen LogP contribution in [0.3, 0.4) is 0 Å². The number of benzene rings is 2. The molecule has 0 bridgehead atoms. The lowest BCUT2D eigenvalue weighted by Crippen LogP contribution is -2.20. The summed E-state index contributed by atoms with van der Waals surface area (Å²) in [6.07, 6.45) is 14.0. The third-order valence-corrected chi connectivity index (χ3v) is 7.82. The van der Waals surface area contributed by atoms with Gasteiger partial charge in [0.15, 0.2) is 0 Å². The average molecular weight is 431 g/mol. The van der Waals surface area contributed by atoms with Gasteiger partial charge in [0.05, 0.1) is 10.6 Å². The van der Waals surface area contributed by atoms with Crippen molar-refractivity contribution in [1.29, 1.82) is 0 Å². The van der Waals surface area contributed by atoms with Crippen LogP contribution in [0.25, 0.3) is 11.6 Å². The van der Waals surface area contributed by atoms with Gasteiger partial charge in [-0.05, 0) is 98.1 Å². The van der Waals surface area contributed by atoms with Gasteiger partial charge >= 0.3 is 0 Å². The van der Waals surface area contributed by atoms with Crippen LogP contribution in [0.5, 0.6) is 0 Å². The summed E-state index contributed by atoms with van der Waals surface area (Å²) < 4.78 is 16.5. The Hall–Kier alpha value is -2.43. The van der Waals surface area contributed by atoms with Gasteiger partial charge in [-0.3, -0.25) is 0 Å². The first kappa shape index (κ1) is 20.5. The summed E-state index contributed by atoms with van der Waals surface area (Å²) in [6.45, 7) is 5.89. The van der Waals surface area contributed by atoms with Crippen LogP contribution in [0.2, 0.25) is 0 Å². The molecular weight excluding hydrogens is 400 g/mol. The highest BCUT2D eigenvalue weighted by Gasteiger charge is 2.23. The second-order valence-corrected chi connectivity index (χ2v) is 10.0. The minimum Gasteiger partial charge on any atom is -0.303 e. The van der Waals surface area contributed by atoms with E-state index in [-0.39, 0.29) is 0 Å². The van der Waals surface area contributed by atoms with Gasteiger partial charge in [-0.25, -0.2) is 4.21 Å². The zero-order valence-corrected chi connectivity index (χ0v) is 19.0. The summed E-state index contributed by atoms with van der Waals surface area (Å²) in [4.78, 5) is 3.40. The molecule has 0 amide bonds. The molecular formula is C27H30N2OS. The molecule has 160 valence electrons. The molecule has 1 saturated heterocycles. The summed E-state index contributed by atoms with van der Waals surface area (Å²) in [5.74, 6) is 0. The first-order chi connectivity index (χ1) is 15.2. The highest BCUT2D eigenvalue weighted by molar-refractivity contribution is 7.86. The molecule has 0 saturated carbocycles. The van der Waals surface area contributed by atoms with Gasteiger partial charge in [-0.15, -0.1) is 0 Å². The summed E-state index contributed by atoms with van der Waals surface area (Å²) in [5, 5.41) is 0. The van der Waals surface area contributed by atoms with E-state index in [1.807, 2.05) is 12.1 Å². The van der Waals surface area contributed by atoms with Crippen LogP contribution in [0.1, 0.15) is 48.4 Å². The maximum absolute atomic E-state index is 13.2. The Morgan fingerprint density at radius 2 is 1.97 bits per heavy atom. The first-order valence-electron chi connectivity index (χ1n) is 11.4. The molecule has 0 spiro atoms. The summed E-state index contributed by atoms with van der Waals surface area (Å²) >= 11 is 0. The molecule has 1 N–H and O–H groups in total. The zero-order chi connectivity index (χ0) is 21.2. The number of fused-ring (bicyclic) bond motifs is 2. The molecule has 1 aliphatic heterocycles. The standard InChI is InChI=1S/C27H30N2OS/c1-20-18-26-25(24(20)14-17-29-15-5-6-16-29)10-7-11-27(26)28-31(30)23-13-12-21-8-3-2-4-9-22(21)19-23/h2-4,7,9-13,19,28H,5-6,8,14-18H2,1H3. The lowest BCUT2D eigenvalue weighted by atomic mass is 10.0. The topological polar surface area (TPSA) is 32.3 Å². The van der Waals surface area contributed by atoms with E-state index in [0.29, 0.717) is 0 Å². The number of nitrogens with zero attached hydrogens (tertiary/aromatic N) is 1. The monoisotopic (exact) mass is 430 g/mol. The Labute approximate surface area is 188 Å². The second kappa shape index (κ2) is 8.97. The molecule has 2 aromatic carbocycles. The van der Waals surface area contributed by atoms with Gasteiger partial charge in [-0.2, -0.15) is 0 Å². The Balaban J connectivity index is 1.33. The van der Waals surface area contributed by atoms with Crippen molar-refractivity contribution in [1.82, 2.24) is 4.90 Å². The highest BCUT2D eigenvalue weighted by Crippen LogP contribution is 2.39. The van der Waals surface area contributed by atoms with Crippen molar-refractivity contribution in [3.05, 3.63) is 82.5 Å². The van der Waals surface area contributed by atoms with Gasteiger partial charge in [0.1, 0.15) is 11.0 Å². The summed E-state index contributed by atoms with van der Waals surface area (Å²) in [7, 11) is -1.29. The van der Waals surface area contributed by atoms with Crippen molar-refractivity contribution in [2.24, 2.45) is 0 Å². The predicted molar refractivity (Wildman–Crippen MR) is 131 cm³/mol.